The van der Waals surface area contributed by atoms with Crippen molar-refractivity contribution in [2.24, 2.45) is 0 Å². The van der Waals surface area contributed by atoms with E-state index in [1.807, 2.05) is 0 Å². The van der Waals surface area contributed by atoms with Gasteiger partial charge in [-0.15, -0.1) is 0 Å². The minimum Gasteiger partial charge on any atom is -0.333 e. The van der Waals surface area contributed by atoms with Gasteiger partial charge in [0.2, 0.25) is 0 Å². The van der Waals surface area contributed by atoms with Crippen molar-refractivity contribution in [3.05, 3.63) is 0 Å². The van der Waals surface area contributed by atoms with Crippen LogP contribution in [0.1, 0.15) is 71.1 Å². The van der Waals surface area contributed by atoms with E-state index >= 15 is 0 Å². The van der Waals surface area contributed by atoms with E-state index in [0.29, 0.717) is 23.7 Å². The second-order valence-corrected chi connectivity index (χ2v) is 8.76. The minimum absolute atomic E-state index is 0.223. The van der Waals surface area contributed by atoms with Crippen LogP contribution in [0.5, 0.6) is 0 Å². The standard InChI is InChI=1S/C20H36N4O/c1-2-9-20(10-12-21-13-11-20)23-14-7-16(8-15-23)24-18-6-4-3-5-17(18)22-19(24)25/h16-18,21H,2-15H2,1H3,(H,22,25)/t17-,18-/m0/s1. The normalized spacial score (nSPS) is 34.0. The van der Waals surface area contributed by atoms with Crippen molar-refractivity contribution >= 4 is 6.03 Å². The molecule has 5 heteroatoms. The van der Waals surface area contributed by atoms with Crippen LogP contribution in [-0.4, -0.2) is 65.7 Å². The topological polar surface area (TPSA) is 47.6 Å². The number of fused-ring (bicyclic) bond motifs is 1. The van der Waals surface area contributed by atoms with Gasteiger partial charge in [0.1, 0.15) is 0 Å². The molecule has 2 N–H and O–H groups in total. The Hall–Kier alpha value is -0.810. The maximum absolute atomic E-state index is 12.6. The smallest absolute Gasteiger partial charge is 0.318 e. The molecule has 3 heterocycles. The Kier molecular flexibility index (Phi) is 5.23. The summed E-state index contributed by atoms with van der Waals surface area (Å²) in [7, 11) is 0. The summed E-state index contributed by atoms with van der Waals surface area (Å²) in [6, 6.07) is 1.58. The van der Waals surface area contributed by atoms with Crippen LogP contribution < -0.4 is 10.6 Å². The van der Waals surface area contributed by atoms with Gasteiger partial charge in [0, 0.05) is 24.7 Å². The SMILES string of the molecule is CCCC1(N2CCC(N3C(=O)N[C@H]4CCCC[C@@H]43)CC2)CCNCC1. The lowest BCUT2D eigenvalue weighted by atomic mass is 9.80. The van der Waals surface area contributed by atoms with Crippen LogP contribution in [-0.2, 0) is 0 Å². The van der Waals surface area contributed by atoms with Gasteiger partial charge in [-0.2, -0.15) is 0 Å². The quantitative estimate of drug-likeness (QED) is 0.821. The molecule has 1 aliphatic carbocycles. The van der Waals surface area contributed by atoms with E-state index in [4.69, 9.17) is 0 Å². The lowest BCUT2D eigenvalue weighted by Gasteiger charge is -2.51. The number of nitrogens with zero attached hydrogens (tertiary/aromatic N) is 2. The minimum atomic E-state index is 0.223. The number of carbonyl (C=O) groups is 1. The molecule has 4 fully saturated rings. The van der Waals surface area contributed by atoms with E-state index in [1.54, 1.807) is 0 Å². The Morgan fingerprint density at radius 3 is 2.52 bits per heavy atom. The molecule has 2 amide bonds. The fourth-order valence-corrected chi connectivity index (χ4v) is 6.13. The molecule has 3 saturated heterocycles. The van der Waals surface area contributed by atoms with Gasteiger partial charge in [0.05, 0.1) is 12.1 Å². The third kappa shape index (κ3) is 3.30. The molecular weight excluding hydrogens is 312 g/mol. The molecular formula is C20H36N4O. The third-order valence-corrected chi connectivity index (χ3v) is 7.41. The molecule has 0 aromatic carbocycles. The molecule has 0 radical (unpaired) electrons. The summed E-state index contributed by atoms with van der Waals surface area (Å²) in [6.07, 6.45) is 12.5. The number of hydrogen-bond acceptors (Lipinski definition) is 3. The highest BCUT2D eigenvalue weighted by Crippen LogP contribution is 2.36. The van der Waals surface area contributed by atoms with Crippen molar-refractivity contribution in [2.45, 2.75) is 94.8 Å². The Balaban J connectivity index is 1.40. The number of piperidine rings is 2. The summed E-state index contributed by atoms with van der Waals surface area (Å²) < 4.78 is 0. The second-order valence-electron chi connectivity index (χ2n) is 8.76. The summed E-state index contributed by atoms with van der Waals surface area (Å²) in [4.78, 5) is 17.6. The lowest BCUT2D eigenvalue weighted by Crippen LogP contribution is -2.59. The molecule has 0 aromatic rings. The number of amides is 2. The third-order valence-electron chi connectivity index (χ3n) is 7.41. The second kappa shape index (κ2) is 7.43. The zero-order chi connectivity index (χ0) is 17.3. The maximum Gasteiger partial charge on any atom is 0.318 e. The average molecular weight is 349 g/mol. The van der Waals surface area contributed by atoms with Gasteiger partial charge in [0.25, 0.3) is 0 Å². The number of carbonyl (C=O) groups excluding carboxylic acids is 1. The number of nitrogens with one attached hydrogen (secondary N) is 2. The van der Waals surface area contributed by atoms with Crippen LogP contribution in [0.15, 0.2) is 0 Å². The molecule has 0 bridgehead atoms. The van der Waals surface area contributed by atoms with Gasteiger partial charge >= 0.3 is 6.03 Å². The Labute approximate surface area is 152 Å². The highest BCUT2D eigenvalue weighted by atomic mass is 16.2. The monoisotopic (exact) mass is 348 g/mol. The largest absolute Gasteiger partial charge is 0.333 e. The van der Waals surface area contributed by atoms with Crippen LogP contribution in [0.2, 0.25) is 0 Å². The number of rotatable bonds is 4. The molecule has 142 valence electrons. The van der Waals surface area contributed by atoms with Gasteiger partial charge in [-0.05, 0) is 58.0 Å². The van der Waals surface area contributed by atoms with Crippen molar-refractivity contribution in [2.75, 3.05) is 26.2 Å². The Bertz CT molecular complexity index is 463. The van der Waals surface area contributed by atoms with E-state index in [-0.39, 0.29) is 6.03 Å². The van der Waals surface area contributed by atoms with E-state index in [1.165, 1.54) is 64.5 Å². The van der Waals surface area contributed by atoms with Crippen molar-refractivity contribution in [3.63, 3.8) is 0 Å². The van der Waals surface area contributed by atoms with Crippen molar-refractivity contribution in [1.82, 2.24) is 20.4 Å². The first-order valence-electron chi connectivity index (χ1n) is 10.8. The van der Waals surface area contributed by atoms with Crippen molar-refractivity contribution in [3.8, 4) is 0 Å². The zero-order valence-corrected chi connectivity index (χ0v) is 15.9. The number of likely N-dealkylation sites (tertiary alicyclic amines) is 1. The molecule has 1 saturated carbocycles. The van der Waals surface area contributed by atoms with Gasteiger partial charge in [-0.3, -0.25) is 4.90 Å². The first kappa shape index (κ1) is 17.6. The van der Waals surface area contributed by atoms with Gasteiger partial charge < -0.3 is 15.5 Å². The molecule has 25 heavy (non-hydrogen) atoms. The van der Waals surface area contributed by atoms with Crippen molar-refractivity contribution in [1.29, 1.82) is 0 Å². The summed E-state index contributed by atoms with van der Waals surface area (Å²) in [5.74, 6) is 0. The van der Waals surface area contributed by atoms with E-state index < -0.39 is 0 Å². The Morgan fingerprint density at radius 2 is 1.80 bits per heavy atom. The summed E-state index contributed by atoms with van der Waals surface area (Å²) in [6.45, 7) is 7.00. The van der Waals surface area contributed by atoms with Gasteiger partial charge in [-0.25, -0.2) is 4.79 Å². The zero-order valence-electron chi connectivity index (χ0n) is 15.9. The molecule has 2 atom stereocenters. The van der Waals surface area contributed by atoms with Crippen LogP contribution in [0.3, 0.4) is 0 Å². The predicted molar refractivity (Wildman–Crippen MR) is 101 cm³/mol. The van der Waals surface area contributed by atoms with Crippen LogP contribution >= 0.6 is 0 Å². The van der Waals surface area contributed by atoms with E-state index in [0.717, 1.165) is 25.9 Å². The van der Waals surface area contributed by atoms with Crippen LogP contribution in [0, 0.1) is 0 Å². The lowest BCUT2D eigenvalue weighted by molar-refractivity contribution is 0.00729. The molecule has 0 unspecified atom stereocenters. The number of hydrogen-bond donors (Lipinski definition) is 2. The highest BCUT2D eigenvalue weighted by Gasteiger charge is 2.46. The van der Waals surface area contributed by atoms with Crippen LogP contribution in [0.4, 0.5) is 4.79 Å². The molecule has 5 nitrogen and oxygen atoms in total. The Morgan fingerprint density at radius 1 is 1.08 bits per heavy atom. The molecule has 0 aromatic heterocycles. The van der Waals surface area contributed by atoms with Crippen molar-refractivity contribution < 1.29 is 4.79 Å². The first-order chi connectivity index (χ1) is 12.2. The van der Waals surface area contributed by atoms with Gasteiger partial charge in [-0.1, -0.05) is 26.2 Å². The molecule has 0 spiro atoms. The highest BCUT2D eigenvalue weighted by molar-refractivity contribution is 5.78. The summed E-state index contributed by atoms with van der Waals surface area (Å²) in [5, 5.41) is 6.81. The summed E-state index contributed by atoms with van der Waals surface area (Å²) in [5.41, 5.74) is 0.422. The molecule has 4 rings (SSSR count). The predicted octanol–water partition coefficient (Wildman–Crippen LogP) is 2.71. The molecule has 3 aliphatic heterocycles. The number of urea groups is 1. The fourth-order valence-electron chi connectivity index (χ4n) is 6.13. The van der Waals surface area contributed by atoms with E-state index in [9.17, 15) is 4.79 Å². The average Bonchev–Trinajstić information content (AvgIpc) is 2.98. The van der Waals surface area contributed by atoms with Gasteiger partial charge in [0.15, 0.2) is 0 Å². The van der Waals surface area contributed by atoms with E-state index in [2.05, 4.69) is 27.4 Å². The molecule has 4 aliphatic rings. The van der Waals surface area contributed by atoms with Crippen LogP contribution in [0.25, 0.3) is 0 Å². The first-order valence-corrected chi connectivity index (χ1v) is 10.8. The summed E-state index contributed by atoms with van der Waals surface area (Å²) >= 11 is 0. The maximum atomic E-state index is 12.6. The fraction of sp³-hybridized carbons (Fsp3) is 0.950.